The Kier molecular flexibility index (Phi) is 5.34. The Balaban J connectivity index is 1.33. The van der Waals surface area contributed by atoms with Gasteiger partial charge in [-0.25, -0.2) is 14.4 Å². The van der Waals surface area contributed by atoms with Crippen LogP contribution in [0.3, 0.4) is 0 Å². The van der Waals surface area contributed by atoms with Crippen LogP contribution in [0.1, 0.15) is 36.0 Å². The molecule has 5 rings (SSSR count). The smallest absolute Gasteiger partial charge is 0.252 e. The minimum absolute atomic E-state index is 0.0280. The third-order valence-corrected chi connectivity index (χ3v) is 6.59. The summed E-state index contributed by atoms with van der Waals surface area (Å²) in [6.07, 6.45) is 5.49. The maximum absolute atomic E-state index is 14.7. The molecule has 0 bridgehead atoms. The van der Waals surface area contributed by atoms with Crippen LogP contribution in [0.2, 0.25) is 0 Å². The number of ether oxygens (including phenoxy) is 1. The van der Waals surface area contributed by atoms with Crippen LogP contribution in [0, 0.1) is 11.2 Å². The number of nitrogens with two attached hydrogens (primary N) is 2. The molecule has 0 unspecified atom stereocenters. The van der Waals surface area contributed by atoms with E-state index < -0.39 is 11.7 Å². The number of hydrogen-bond acceptors (Lipinski definition) is 8. The van der Waals surface area contributed by atoms with Crippen LogP contribution >= 0.6 is 0 Å². The number of rotatable bonds is 6. The Morgan fingerprint density at radius 2 is 2.00 bits per heavy atom. The van der Waals surface area contributed by atoms with Gasteiger partial charge in [0.25, 0.3) is 5.91 Å². The molecule has 2 aliphatic heterocycles. The second kappa shape index (κ2) is 8.18. The van der Waals surface area contributed by atoms with Gasteiger partial charge < -0.3 is 31.7 Å². The van der Waals surface area contributed by atoms with Crippen LogP contribution in [0.4, 0.5) is 27.5 Å². The van der Waals surface area contributed by atoms with Gasteiger partial charge in [0, 0.05) is 25.2 Å². The number of carbonyl (C=O) groups excluding carboxylic acids is 1. The van der Waals surface area contributed by atoms with Crippen molar-refractivity contribution in [2.24, 2.45) is 16.9 Å². The third-order valence-electron chi connectivity index (χ3n) is 6.59. The first kappa shape index (κ1) is 20.9. The lowest BCUT2D eigenvalue weighted by molar-refractivity contribution is -0.127. The average Bonchev–Trinajstić information content (AvgIpc) is 2.71. The second-order valence-corrected chi connectivity index (χ2v) is 9.16. The molecular formula is C22H28FN7O2. The van der Waals surface area contributed by atoms with E-state index in [1.54, 1.807) is 6.20 Å². The molecule has 0 aromatic carbocycles. The van der Waals surface area contributed by atoms with Crippen molar-refractivity contribution in [3.8, 4) is 0 Å². The number of hydrogen-bond donors (Lipinski definition) is 4. The van der Waals surface area contributed by atoms with E-state index in [0.717, 1.165) is 63.9 Å². The molecule has 3 aliphatic rings. The zero-order valence-electron chi connectivity index (χ0n) is 17.8. The molecule has 32 heavy (non-hydrogen) atoms. The first-order chi connectivity index (χ1) is 15.4. The van der Waals surface area contributed by atoms with E-state index in [9.17, 15) is 9.18 Å². The van der Waals surface area contributed by atoms with Gasteiger partial charge in [-0.3, -0.25) is 4.79 Å². The van der Waals surface area contributed by atoms with Crippen LogP contribution in [0.25, 0.3) is 0 Å². The summed E-state index contributed by atoms with van der Waals surface area (Å²) >= 11 is 0. The van der Waals surface area contributed by atoms with Gasteiger partial charge in [0.1, 0.15) is 11.6 Å². The molecule has 4 heterocycles. The lowest BCUT2D eigenvalue weighted by atomic mass is 9.78. The number of amides is 1. The third kappa shape index (κ3) is 3.95. The van der Waals surface area contributed by atoms with Gasteiger partial charge in [0.05, 0.1) is 36.1 Å². The SMILES string of the molecule is NC(=O)c1cc(F)c(N[C@@H]2CCCC[C@@H]2N)nc1Nc1ccc(N2CC3(COC3)C2)nc1. The summed E-state index contributed by atoms with van der Waals surface area (Å²) in [7, 11) is 0. The van der Waals surface area contributed by atoms with Gasteiger partial charge in [-0.2, -0.15) is 0 Å². The maximum Gasteiger partial charge on any atom is 0.252 e. The highest BCUT2D eigenvalue weighted by Gasteiger charge is 2.49. The molecule has 9 nitrogen and oxygen atoms in total. The van der Waals surface area contributed by atoms with Crippen LogP contribution in [0.5, 0.6) is 0 Å². The van der Waals surface area contributed by atoms with Gasteiger partial charge in [-0.05, 0) is 31.0 Å². The lowest BCUT2D eigenvalue weighted by Crippen LogP contribution is -2.66. The predicted molar refractivity (Wildman–Crippen MR) is 120 cm³/mol. The fourth-order valence-corrected chi connectivity index (χ4v) is 4.67. The van der Waals surface area contributed by atoms with Gasteiger partial charge in [0.2, 0.25) is 0 Å². The van der Waals surface area contributed by atoms with Gasteiger partial charge in [-0.1, -0.05) is 12.8 Å². The molecule has 170 valence electrons. The Morgan fingerprint density at radius 3 is 2.62 bits per heavy atom. The number of nitrogens with one attached hydrogen (secondary N) is 2. The molecule has 6 N–H and O–H groups in total. The topological polar surface area (TPSA) is 131 Å². The second-order valence-electron chi connectivity index (χ2n) is 9.16. The van der Waals surface area contributed by atoms with Crippen LogP contribution in [0.15, 0.2) is 24.4 Å². The van der Waals surface area contributed by atoms with Crippen LogP contribution in [-0.4, -0.2) is 54.3 Å². The summed E-state index contributed by atoms with van der Waals surface area (Å²) in [6, 6.07) is 4.73. The first-order valence-corrected chi connectivity index (χ1v) is 11.0. The molecular weight excluding hydrogens is 413 g/mol. The number of pyridine rings is 2. The van der Waals surface area contributed by atoms with Crippen molar-refractivity contribution >= 4 is 29.0 Å². The summed E-state index contributed by atoms with van der Waals surface area (Å²) in [4.78, 5) is 23.0. The van der Waals surface area contributed by atoms with Crippen molar-refractivity contribution in [1.29, 1.82) is 0 Å². The summed E-state index contributed by atoms with van der Waals surface area (Å²) < 4.78 is 20.0. The Bertz CT molecular complexity index is 1000. The number of nitrogens with zero attached hydrogens (tertiary/aromatic N) is 3. The van der Waals surface area contributed by atoms with Crippen LogP contribution in [-0.2, 0) is 4.74 Å². The van der Waals surface area contributed by atoms with Gasteiger partial charge in [0.15, 0.2) is 11.6 Å². The molecule has 1 spiro atoms. The quantitative estimate of drug-likeness (QED) is 0.535. The molecule has 1 aliphatic carbocycles. The standard InChI is InChI=1S/C22H28FN7O2/c23-15-7-14(19(25)31)20(29-21(15)28-17-4-2-1-3-16(17)24)27-13-5-6-18(26-8-13)30-9-22(10-30)11-32-12-22/h5-8,16-17H,1-4,9-12,24H2,(H2,25,31)(H2,27,28,29)/t16-,17+/m0/s1. The zero-order chi connectivity index (χ0) is 22.3. The molecule has 2 aromatic heterocycles. The minimum atomic E-state index is -0.766. The van der Waals surface area contributed by atoms with Gasteiger partial charge >= 0.3 is 0 Å². The molecule has 0 radical (unpaired) electrons. The largest absolute Gasteiger partial charge is 0.380 e. The first-order valence-electron chi connectivity index (χ1n) is 11.0. The van der Waals surface area contributed by atoms with E-state index in [1.807, 2.05) is 12.1 Å². The summed E-state index contributed by atoms with van der Waals surface area (Å²) in [5.74, 6) is -0.294. The highest BCUT2D eigenvalue weighted by molar-refractivity contribution is 5.98. The molecule has 2 atom stereocenters. The fraction of sp³-hybridized carbons (Fsp3) is 0.500. The summed E-state index contributed by atoms with van der Waals surface area (Å²) in [5, 5.41) is 6.17. The average molecular weight is 442 g/mol. The Hall–Kier alpha value is -2.98. The van der Waals surface area contributed by atoms with Crippen molar-refractivity contribution in [2.45, 2.75) is 37.8 Å². The van der Waals surface area contributed by atoms with E-state index >= 15 is 0 Å². The summed E-state index contributed by atoms with van der Waals surface area (Å²) in [5.41, 5.74) is 12.5. The lowest BCUT2D eigenvalue weighted by Gasteiger charge is -2.55. The van der Waals surface area contributed by atoms with E-state index in [2.05, 4.69) is 25.5 Å². The monoisotopic (exact) mass is 441 g/mol. The zero-order valence-corrected chi connectivity index (χ0v) is 17.8. The molecule has 2 saturated heterocycles. The Morgan fingerprint density at radius 1 is 1.22 bits per heavy atom. The van der Waals surface area contributed by atoms with Gasteiger partial charge in [-0.15, -0.1) is 0 Å². The molecule has 2 aromatic rings. The van der Waals surface area contributed by atoms with E-state index in [0.29, 0.717) is 11.1 Å². The molecule has 1 saturated carbocycles. The van der Waals surface area contributed by atoms with Crippen molar-refractivity contribution < 1.29 is 13.9 Å². The number of carbonyl (C=O) groups is 1. The molecule has 3 fully saturated rings. The summed E-state index contributed by atoms with van der Waals surface area (Å²) in [6.45, 7) is 3.52. The number of halogens is 1. The normalized spacial score (nSPS) is 23.9. The number of aromatic nitrogens is 2. The maximum atomic E-state index is 14.7. The van der Waals surface area contributed by atoms with E-state index in [1.165, 1.54) is 0 Å². The van der Waals surface area contributed by atoms with Crippen molar-refractivity contribution in [1.82, 2.24) is 9.97 Å². The van der Waals surface area contributed by atoms with E-state index in [-0.39, 0.29) is 29.3 Å². The van der Waals surface area contributed by atoms with E-state index in [4.69, 9.17) is 16.2 Å². The number of anilines is 4. The predicted octanol–water partition coefficient (Wildman–Crippen LogP) is 1.98. The van der Waals surface area contributed by atoms with Crippen molar-refractivity contribution in [3.05, 3.63) is 35.8 Å². The fourth-order valence-electron chi connectivity index (χ4n) is 4.67. The Labute approximate surface area is 185 Å². The number of primary amides is 1. The van der Waals surface area contributed by atoms with Crippen molar-refractivity contribution in [2.75, 3.05) is 41.8 Å². The highest BCUT2D eigenvalue weighted by Crippen LogP contribution is 2.39. The van der Waals surface area contributed by atoms with Crippen LogP contribution < -0.4 is 27.0 Å². The molecule has 1 amide bonds. The minimum Gasteiger partial charge on any atom is -0.380 e. The highest BCUT2D eigenvalue weighted by atomic mass is 19.1. The molecule has 10 heteroatoms. The van der Waals surface area contributed by atoms with Crippen molar-refractivity contribution in [3.63, 3.8) is 0 Å².